The quantitative estimate of drug-likeness (QED) is 0.113. The SMILES string of the molecule is CC(C)CCC(C(=O)OCCCC(F)(F)CCCOc1ccc2cc(-c3ccccc3)c(=O)oc2c1)C(C)(C)C. The summed E-state index contributed by atoms with van der Waals surface area (Å²) >= 11 is 0. The van der Waals surface area contributed by atoms with E-state index >= 15 is 0 Å². The zero-order chi connectivity index (χ0) is 29.3. The van der Waals surface area contributed by atoms with Gasteiger partial charge < -0.3 is 13.9 Å². The number of fused-ring (bicyclic) bond motifs is 1. The molecule has 0 radical (unpaired) electrons. The van der Waals surface area contributed by atoms with E-state index in [1.165, 1.54) is 0 Å². The van der Waals surface area contributed by atoms with Crippen LogP contribution in [-0.2, 0) is 9.53 Å². The van der Waals surface area contributed by atoms with Gasteiger partial charge >= 0.3 is 11.6 Å². The zero-order valence-corrected chi connectivity index (χ0v) is 24.3. The molecular formula is C33H42F2O5. The Labute approximate surface area is 235 Å². The van der Waals surface area contributed by atoms with Crippen molar-refractivity contribution in [1.29, 1.82) is 0 Å². The molecule has 0 aliphatic carbocycles. The topological polar surface area (TPSA) is 65.7 Å². The third-order valence-corrected chi connectivity index (χ3v) is 7.04. The summed E-state index contributed by atoms with van der Waals surface area (Å²) in [6, 6.07) is 16.2. The summed E-state index contributed by atoms with van der Waals surface area (Å²) in [5.74, 6) is -2.49. The minimum Gasteiger partial charge on any atom is -0.493 e. The van der Waals surface area contributed by atoms with Gasteiger partial charge in [-0.05, 0) is 54.4 Å². The first-order valence-corrected chi connectivity index (χ1v) is 14.2. The van der Waals surface area contributed by atoms with Gasteiger partial charge in [-0.25, -0.2) is 13.6 Å². The second-order valence-electron chi connectivity index (χ2n) is 12.0. The van der Waals surface area contributed by atoms with Gasteiger partial charge in [0.2, 0.25) is 5.92 Å². The number of carbonyl (C=O) groups excluding carboxylic acids is 1. The van der Waals surface area contributed by atoms with Gasteiger partial charge in [0.25, 0.3) is 0 Å². The molecule has 7 heteroatoms. The van der Waals surface area contributed by atoms with Gasteiger partial charge in [-0.2, -0.15) is 0 Å². The molecule has 0 saturated heterocycles. The number of hydrogen-bond donors (Lipinski definition) is 0. The number of benzene rings is 2. The Bertz CT molecular complexity index is 1290. The normalized spacial score (nSPS) is 13.0. The van der Waals surface area contributed by atoms with E-state index in [1.807, 2.05) is 51.1 Å². The van der Waals surface area contributed by atoms with Crippen molar-refractivity contribution in [2.24, 2.45) is 17.3 Å². The van der Waals surface area contributed by atoms with E-state index in [0.717, 1.165) is 23.8 Å². The van der Waals surface area contributed by atoms with E-state index in [2.05, 4.69) is 13.8 Å². The molecule has 5 nitrogen and oxygen atoms in total. The smallest absolute Gasteiger partial charge is 0.344 e. The van der Waals surface area contributed by atoms with Crippen molar-refractivity contribution in [2.75, 3.05) is 13.2 Å². The van der Waals surface area contributed by atoms with Gasteiger partial charge in [0.15, 0.2) is 0 Å². The molecule has 3 rings (SSSR count). The lowest BCUT2D eigenvalue weighted by atomic mass is 9.77. The van der Waals surface area contributed by atoms with E-state index < -0.39 is 11.5 Å². The van der Waals surface area contributed by atoms with Crippen LogP contribution in [0.1, 0.15) is 73.1 Å². The van der Waals surface area contributed by atoms with Crippen LogP contribution in [0.4, 0.5) is 8.78 Å². The molecule has 0 amide bonds. The third kappa shape index (κ3) is 9.46. The van der Waals surface area contributed by atoms with Crippen LogP contribution < -0.4 is 10.4 Å². The highest BCUT2D eigenvalue weighted by Gasteiger charge is 2.33. The molecule has 0 N–H and O–H groups in total. The van der Waals surface area contributed by atoms with Crippen LogP contribution in [-0.4, -0.2) is 25.1 Å². The van der Waals surface area contributed by atoms with E-state index in [-0.39, 0.29) is 56.2 Å². The Morgan fingerprint density at radius 2 is 1.60 bits per heavy atom. The highest BCUT2D eigenvalue weighted by atomic mass is 19.3. The molecular weight excluding hydrogens is 514 g/mol. The molecule has 218 valence electrons. The first-order valence-electron chi connectivity index (χ1n) is 14.2. The second-order valence-corrected chi connectivity index (χ2v) is 12.0. The molecule has 0 fully saturated rings. The molecule has 1 heterocycles. The summed E-state index contributed by atoms with van der Waals surface area (Å²) in [6.45, 7) is 10.3. The maximum atomic E-state index is 14.4. The van der Waals surface area contributed by atoms with Crippen LogP contribution in [0.15, 0.2) is 63.8 Å². The molecule has 0 bridgehead atoms. The average molecular weight is 557 g/mol. The van der Waals surface area contributed by atoms with E-state index in [4.69, 9.17) is 13.9 Å². The summed E-state index contributed by atoms with van der Waals surface area (Å²) in [5.41, 5.74) is 0.926. The fourth-order valence-electron chi connectivity index (χ4n) is 4.65. The van der Waals surface area contributed by atoms with Crippen LogP contribution in [0.3, 0.4) is 0 Å². The molecule has 2 aromatic carbocycles. The number of halogens is 2. The standard InChI is InChI=1S/C33H42F2O5/c1-23(2)13-16-28(32(3,4)5)31(37)39-20-10-18-33(34,35)17-9-19-38-26-15-14-25-21-27(24-11-7-6-8-12-24)30(36)40-29(25)22-26/h6-8,11-12,14-15,21-23,28H,9-10,13,16-20H2,1-5H3. The molecule has 1 unspecified atom stereocenters. The van der Waals surface area contributed by atoms with Crippen molar-refractivity contribution < 1.29 is 27.5 Å². The summed E-state index contributed by atoms with van der Waals surface area (Å²) in [7, 11) is 0. The van der Waals surface area contributed by atoms with Gasteiger partial charge in [-0.1, -0.05) is 71.4 Å². The Morgan fingerprint density at radius 1 is 0.925 bits per heavy atom. The molecule has 40 heavy (non-hydrogen) atoms. The molecule has 0 spiro atoms. The maximum absolute atomic E-state index is 14.4. The maximum Gasteiger partial charge on any atom is 0.344 e. The summed E-state index contributed by atoms with van der Waals surface area (Å²) in [4.78, 5) is 25.1. The average Bonchev–Trinajstić information content (AvgIpc) is 2.88. The lowest BCUT2D eigenvalue weighted by molar-refractivity contribution is -0.153. The van der Waals surface area contributed by atoms with Crippen molar-refractivity contribution in [3.8, 4) is 16.9 Å². The minimum atomic E-state index is -2.87. The lowest BCUT2D eigenvalue weighted by Gasteiger charge is -2.29. The van der Waals surface area contributed by atoms with Gasteiger partial charge in [0, 0.05) is 24.3 Å². The third-order valence-electron chi connectivity index (χ3n) is 7.04. The Kier molecular flexibility index (Phi) is 10.9. The zero-order valence-electron chi connectivity index (χ0n) is 24.3. The monoisotopic (exact) mass is 556 g/mol. The number of alkyl halides is 2. The fourth-order valence-corrected chi connectivity index (χ4v) is 4.65. The number of ether oxygens (including phenoxy) is 2. The van der Waals surface area contributed by atoms with Crippen molar-refractivity contribution in [3.05, 3.63) is 65.0 Å². The summed E-state index contributed by atoms with van der Waals surface area (Å²) in [6.07, 6.45) is 1.23. The predicted molar refractivity (Wildman–Crippen MR) is 155 cm³/mol. The molecule has 1 aromatic heterocycles. The number of esters is 1. The van der Waals surface area contributed by atoms with Crippen molar-refractivity contribution in [1.82, 2.24) is 0 Å². The van der Waals surface area contributed by atoms with Crippen molar-refractivity contribution in [2.45, 2.75) is 79.1 Å². The number of hydrogen-bond acceptors (Lipinski definition) is 5. The van der Waals surface area contributed by atoms with Crippen LogP contribution in [0.2, 0.25) is 0 Å². The first-order chi connectivity index (χ1) is 18.9. The van der Waals surface area contributed by atoms with E-state index in [9.17, 15) is 18.4 Å². The molecule has 1 atom stereocenters. The molecule has 0 aliphatic heterocycles. The molecule has 0 aliphatic rings. The molecule has 0 saturated carbocycles. The van der Waals surface area contributed by atoms with Gasteiger partial charge in [0.05, 0.1) is 24.7 Å². The Hall–Kier alpha value is -3.22. The highest BCUT2D eigenvalue weighted by molar-refractivity contribution is 5.82. The van der Waals surface area contributed by atoms with Gasteiger partial charge in [0.1, 0.15) is 11.3 Å². The first kappa shape index (κ1) is 31.3. The van der Waals surface area contributed by atoms with Crippen LogP contribution >= 0.6 is 0 Å². The number of rotatable bonds is 14. The lowest BCUT2D eigenvalue weighted by Crippen LogP contribution is -2.31. The Morgan fingerprint density at radius 3 is 2.25 bits per heavy atom. The minimum absolute atomic E-state index is 0.00649. The van der Waals surface area contributed by atoms with Crippen LogP contribution in [0, 0.1) is 17.3 Å². The van der Waals surface area contributed by atoms with E-state index in [0.29, 0.717) is 22.8 Å². The highest BCUT2D eigenvalue weighted by Crippen LogP contribution is 2.33. The van der Waals surface area contributed by atoms with Gasteiger partial charge in [-0.3, -0.25) is 4.79 Å². The largest absolute Gasteiger partial charge is 0.493 e. The summed E-state index contributed by atoms with van der Waals surface area (Å²) < 4.78 is 45.4. The Balaban J connectivity index is 1.43. The predicted octanol–water partition coefficient (Wildman–Crippen LogP) is 8.68. The van der Waals surface area contributed by atoms with Crippen molar-refractivity contribution in [3.63, 3.8) is 0 Å². The van der Waals surface area contributed by atoms with Crippen LogP contribution in [0.25, 0.3) is 22.1 Å². The second kappa shape index (κ2) is 13.9. The van der Waals surface area contributed by atoms with E-state index in [1.54, 1.807) is 24.3 Å². The van der Waals surface area contributed by atoms with Gasteiger partial charge in [-0.15, -0.1) is 0 Å². The molecule has 3 aromatic rings. The van der Waals surface area contributed by atoms with Crippen LogP contribution in [0.5, 0.6) is 5.75 Å². The summed E-state index contributed by atoms with van der Waals surface area (Å²) in [5, 5.41) is 0.742. The van der Waals surface area contributed by atoms with Crippen molar-refractivity contribution >= 4 is 16.9 Å². The number of carbonyl (C=O) groups is 1. The fraction of sp³-hybridized carbons (Fsp3) is 0.515.